The molecule has 8 heteroatoms. The number of esters is 1. The molecular formula is C11H16N4O4. The maximum Gasteiger partial charge on any atom is 0.322 e. The first-order chi connectivity index (χ1) is 9.08. The van der Waals surface area contributed by atoms with Gasteiger partial charge in [0.25, 0.3) is 0 Å². The van der Waals surface area contributed by atoms with Crippen LogP contribution in [0.1, 0.15) is 19.2 Å². The Morgan fingerprint density at radius 2 is 2.37 bits per heavy atom. The van der Waals surface area contributed by atoms with E-state index >= 15 is 0 Å². The minimum atomic E-state index is -1.34. The molecule has 19 heavy (non-hydrogen) atoms. The molecule has 1 aliphatic rings. The van der Waals surface area contributed by atoms with Crippen molar-refractivity contribution in [3.63, 3.8) is 0 Å². The lowest BCUT2D eigenvalue weighted by atomic mass is 9.78. The highest BCUT2D eigenvalue weighted by atomic mass is 16.5. The van der Waals surface area contributed by atoms with E-state index in [1.165, 1.54) is 4.80 Å². The molecule has 1 aliphatic heterocycles. The first kappa shape index (κ1) is 13.6. The fourth-order valence-corrected chi connectivity index (χ4v) is 2.06. The monoisotopic (exact) mass is 268 g/mol. The van der Waals surface area contributed by atoms with Gasteiger partial charge < -0.3 is 9.47 Å². The second kappa shape index (κ2) is 5.43. The first-order valence-electron chi connectivity index (χ1n) is 6.09. The largest absolute Gasteiger partial charge is 0.465 e. The number of tetrazole rings is 1. The van der Waals surface area contributed by atoms with E-state index in [2.05, 4.69) is 15.4 Å². The van der Waals surface area contributed by atoms with Crippen LogP contribution < -0.4 is 0 Å². The third-order valence-corrected chi connectivity index (χ3v) is 3.03. The molecule has 2 rings (SSSR count). The molecule has 0 amide bonds. The van der Waals surface area contributed by atoms with Crippen LogP contribution in [0.3, 0.4) is 0 Å². The summed E-state index contributed by atoms with van der Waals surface area (Å²) >= 11 is 0. The van der Waals surface area contributed by atoms with E-state index in [-0.39, 0.29) is 31.8 Å². The molecular weight excluding hydrogens is 252 g/mol. The zero-order valence-electron chi connectivity index (χ0n) is 11.0. The lowest BCUT2D eigenvalue weighted by Gasteiger charge is -2.32. The van der Waals surface area contributed by atoms with Gasteiger partial charge >= 0.3 is 5.97 Å². The van der Waals surface area contributed by atoms with Crippen molar-refractivity contribution in [2.24, 2.45) is 12.5 Å². The zero-order valence-corrected chi connectivity index (χ0v) is 11.0. The summed E-state index contributed by atoms with van der Waals surface area (Å²) in [6.07, 6.45) is 0.248. The Balaban J connectivity index is 2.27. The molecule has 0 aromatic carbocycles. The summed E-state index contributed by atoms with van der Waals surface area (Å²) in [5, 5.41) is 11.5. The van der Waals surface area contributed by atoms with E-state index in [4.69, 9.17) is 9.47 Å². The maximum atomic E-state index is 12.2. The van der Waals surface area contributed by atoms with Gasteiger partial charge in [-0.25, -0.2) is 0 Å². The lowest BCUT2D eigenvalue weighted by molar-refractivity contribution is -0.169. The van der Waals surface area contributed by atoms with Gasteiger partial charge in [0.1, 0.15) is 0 Å². The number of nitrogens with zero attached hydrogens (tertiary/aromatic N) is 4. The molecule has 0 bridgehead atoms. The van der Waals surface area contributed by atoms with Crippen molar-refractivity contribution in [2.75, 3.05) is 19.8 Å². The van der Waals surface area contributed by atoms with Crippen LogP contribution in [-0.4, -0.2) is 51.8 Å². The van der Waals surface area contributed by atoms with Crippen molar-refractivity contribution in [3.8, 4) is 0 Å². The average Bonchev–Trinajstić information content (AvgIpc) is 2.78. The summed E-state index contributed by atoms with van der Waals surface area (Å²) in [6, 6.07) is 0. The molecule has 0 spiro atoms. The number of aromatic nitrogens is 4. The van der Waals surface area contributed by atoms with Crippen LogP contribution in [-0.2, 0) is 32.5 Å². The number of ketones is 1. The van der Waals surface area contributed by atoms with Crippen molar-refractivity contribution >= 4 is 11.8 Å². The van der Waals surface area contributed by atoms with E-state index in [9.17, 15) is 9.59 Å². The van der Waals surface area contributed by atoms with Crippen LogP contribution in [0.4, 0.5) is 0 Å². The van der Waals surface area contributed by atoms with Crippen molar-refractivity contribution in [2.45, 2.75) is 19.8 Å². The minimum Gasteiger partial charge on any atom is -0.465 e. The van der Waals surface area contributed by atoms with E-state index < -0.39 is 11.4 Å². The Kier molecular flexibility index (Phi) is 3.89. The van der Waals surface area contributed by atoms with E-state index in [0.717, 1.165) is 0 Å². The molecule has 1 saturated heterocycles. The van der Waals surface area contributed by atoms with Gasteiger partial charge in [-0.2, -0.15) is 4.80 Å². The van der Waals surface area contributed by atoms with Crippen molar-refractivity contribution in [3.05, 3.63) is 5.82 Å². The molecule has 0 N–H and O–H groups in total. The van der Waals surface area contributed by atoms with Crippen molar-refractivity contribution in [1.82, 2.24) is 20.2 Å². The number of Topliss-reactive ketones (excluding diaryl/α,β-unsaturated/α-hetero) is 1. The lowest BCUT2D eigenvalue weighted by Crippen LogP contribution is -2.49. The molecule has 1 aromatic heterocycles. The summed E-state index contributed by atoms with van der Waals surface area (Å²) in [5.74, 6) is -0.439. The molecule has 0 aliphatic carbocycles. The Morgan fingerprint density at radius 1 is 1.58 bits per heavy atom. The summed E-state index contributed by atoms with van der Waals surface area (Å²) in [4.78, 5) is 25.6. The fraction of sp³-hybridized carbons (Fsp3) is 0.727. The van der Waals surface area contributed by atoms with Gasteiger partial charge in [-0.3, -0.25) is 9.59 Å². The number of carbonyl (C=O) groups is 2. The number of carbonyl (C=O) groups excluding carboxylic acids is 2. The van der Waals surface area contributed by atoms with Crippen LogP contribution >= 0.6 is 0 Å². The fourth-order valence-electron chi connectivity index (χ4n) is 2.06. The quantitative estimate of drug-likeness (QED) is 0.525. The number of ether oxygens (including phenoxy) is 2. The van der Waals surface area contributed by atoms with Gasteiger partial charge in [0, 0.05) is 12.8 Å². The van der Waals surface area contributed by atoms with E-state index in [1.54, 1.807) is 14.0 Å². The third-order valence-electron chi connectivity index (χ3n) is 3.03. The standard InChI is InChI=1S/C11H16N4O4/c1-3-19-10(17)11(7-18-5-4-8(11)16)6-9-12-14-15(2)13-9/h3-7H2,1-2H3. The van der Waals surface area contributed by atoms with Crippen LogP contribution in [0, 0.1) is 5.41 Å². The SMILES string of the molecule is CCOC(=O)C1(Cc2nnn(C)n2)COCCC1=O. The first-order valence-corrected chi connectivity index (χ1v) is 6.09. The number of hydrogen-bond donors (Lipinski definition) is 0. The zero-order chi connectivity index (χ0) is 13.9. The highest BCUT2D eigenvalue weighted by molar-refractivity contribution is 6.04. The van der Waals surface area contributed by atoms with Crippen molar-refractivity contribution in [1.29, 1.82) is 0 Å². The van der Waals surface area contributed by atoms with Crippen LogP contribution in [0.2, 0.25) is 0 Å². The number of rotatable bonds is 4. The second-order valence-electron chi connectivity index (χ2n) is 4.40. The molecule has 1 aromatic rings. The van der Waals surface area contributed by atoms with Gasteiger partial charge in [0.05, 0.1) is 26.9 Å². The molecule has 1 fully saturated rings. The molecule has 104 valence electrons. The van der Waals surface area contributed by atoms with Gasteiger partial charge in [0.15, 0.2) is 17.0 Å². The van der Waals surface area contributed by atoms with Crippen LogP contribution in [0.15, 0.2) is 0 Å². The predicted octanol–water partition coefficient (Wildman–Crippen LogP) is -0.708. The highest BCUT2D eigenvalue weighted by Gasteiger charge is 2.50. The minimum absolute atomic E-state index is 0.00290. The molecule has 8 nitrogen and oxygen atoms in total. The number of aryl methyl sites for hydroxylation is 1. The smallest absolute Gasteiger partial charge is 0.322 e. The summed E-state index contributed by atoms with van der Waals surface area (Å²) in [6.45, 7) is 2.24. The van der Waals surface area contributed by atoms with Gasteiger partial charge in [-0.05, 0) is 12.1 Å². The van der Waals surface area contributed by atoms with E-state index in [0.29, 0.717) is 12.4 Å². The predicted molar refractivity (Wildman–Crippen MR) is 62.0 cm³/mol. The Bertz CT molecular complexity index is 487. The molecule has 1 unspecified atom stereocenters. The summed E-state index contributed by atoms with van der Waals surface area (Å²) in [5.41, 5.74) is -1.34. The Hall–Kier alpha value is -1.83. The topological polar surface area (TPSA) is 96.2 Å². The van der Waals surface area contributed by atoms with Gasteiger partial charge in [-0.1, -0.05) is 0 Å². The maximum absolute atomic E-state index is 12.2. The average molecular weight is 268 g/mol. The summed E-state index contributed by atoms with van der Waals surface area (Å²) < 4.78 is 10.3. The molecule has 0 radical (unpaired) electrons. The Labute approximate surface area is 110 Å². The van der Waals surface area contributed by atoms with Gasteiger partial charge in [-0.15, -0.1) is 10.2 Å². The van der Waals surface area contributed by atoms with Crippen LogP contribution in [0.5, 0.6) is 0 Å². The second-order valence-corrected chi connectivity index (χ2v) is 4.40. The normalized spacial score (nSPS) is 23.4. The molecule has 1 atom stereocenters. The van der Waals surface area contributed by atoms with Crippen LogP contribution in [0.25, 0.3) is 0 Å². The molecule has 2 heterocycles. The van der Waals surface area contributed by atoms with E-state index in [1.807, 2.05) is 0 Å². The number of hydrogen-bond acceptors (Lipinski definition) is 7. The highest BCUT2D eigenvalue weighted by Crippen LogP contribution is 2.30. The Morgan fingerprint density at radius 3 is 2.95 bits per heavy atom. The third kappa shape index (κ3) is 2.62. The van der Waals surface area contributed by atoms with Gasteiger partial charge in [0.2, 0.25) is 0 Å². The summed E-state index contributed by atoms with van der Waals surface area (Å²) in [7, 11) is 1.62. The van der Waals surface area contributed by atoms with Crippen molar-refractivity contribution < 1.29 is 19.1 Å². The molecule has 0 saturated carbocycles.